The standard InChI is InChI=1S/C13H11N5O/c1-2-4-9-8(3-1)7-10(16-9)13-17-12(18-19-13)11-14-5-6-15-11/h1-6,10,16H,7H2,(H,14,15). The van der Waals surface area contributed by atoms with Crippen LogP contribution in [0.1, 0.15) is 17.5 Å². The lowest BCUT2D eigenvalue weighted by Gasteiger charge is -2.04. The van der Waals surface area contributed by atoms with Gasteiger partial charge in [0.25, 0.3) is 0 Å². The second kappa shape index (κ2) is 3.94. The number of imidazole rings is 1. The van der Waals surface area contributed by atoms with Crippen molar-refractivity contribution >= 4 is 5.69 Å². The summed E-state index contributed by atoms with van der Waals surface area (Å²) >= 11 is 0. The Balaban J connectivity index is 1.62. The highest BCUT2D eigenvalue weighted by molar-refractivity contribution is 5.57. The molecule has 3 aromatic rings. The number of anilines is 1. The minimum atomic E-state index is 0.0358. The Hall–Kier alpha value is -2.63. The van der Waals surface area contributed by atoms with Gasteiger partial charge in [-0.15, -0.1) is 0 Å². The number of para-hydroxylation sites is 1. The van der Waals surface area contributed by atoms with Crippen LogP contribution in [0.4, 0.5) is 5.69 Å². The average molecular weight is 253 g/mol. The molecule has 6 heteroatoms. The maximum atomic E-state index is 5.32. The summed E-state index contributed by atoms with van der Waals surface area (Å²) in [7, 11) is 0. The van der Waals surface area contributed by atoms with Gasteiger partial charge in [0.15, 0.2) is 5.82 Å². The first-order valence-corrected chi connectivity index (χ1v) is 6.08. The molecule has 1 aliphatic heterocycles. The number of rotatable bonds is 2. The monoisotopic (exact) mass is 253 g/mol. The molecule has 2 aromatic heterocycles. The Morgan fingerprint density at radius 3 is 3.05 bits per heavy atom. The van der Waals surface area contributed by atoms with E-state index in [-0.39, 0.29) is 6.04 Å². The molecule has 19 heavy (non-hydrogen) atoms. The van der Waals surface area contributed by atoms with Crippen LogP contribution in [0.3, 0.4) is 0 Å². The van der Waals surface area contributed by atoms with Crippen molar-refractivity contribution in [2.24, 2.45) is 0 Å². The van der Waals surface area contributed by atoms with Gasteiger partial charge in [-0.1, -0.05) is 23.4 Å². The van der Waals surface area contributed by atoms with E-state index in [9.17, 15) is 0 Å². The number of nitrogens with zero attached hydrogens (tertiary/aromatic N) is 3. The molecule has 6 nitrogen and oxygen atoms in total. The van der Waals surface area contributed by atoms with E-state index in [4.69, 9.17) is 4.52 Å². The van der Waals surface area contributed by atoms with Gasteiger partial charge in [0.05, 0.1) is 0 Å². The zero-order chi connectivity index (χ0) is 12.7. The van der Waals surface area contributed by atoms with Crippen LogP contribution < -0.4 is 5.32 Å². The number of benzene rings is 1. The zero-order valence-corrected chi connectivity index (χ0v) is 10.00. The Morgan fingerprint density at radius 1 is 1.26 bits per heavy atom. The molecule has 4 rings (SSSR count). The summed E-state index contributed by atoms with van der Waals surface area (Å²) in [6, 6.07) is 8.24. The third kappa shape index (κ3) is 1.69. The topological polar surface area (TPSA) is 79.6 Å². The second-order valence-corrected chi connectivity index (χ2v) is 4.45. The number of H-pyrrole nitrogens is 1. The minimum absolute atomic E-state index is 0.0358. The quantitative estimate of drug-likeness (QED) is 0.731. The van der Waals surface area contributed by atoms with Gasteiger partial charge >= 0.3 is 0 Å². The van der Waals surface area contributed by atoms with Gasteiger partial charge in [-0.25, -0.2) is 4.98 Å². The van der Waals surface area contributed by atoms with Crippen LogP contribution in [0.15, 0.2) is 41.2 Å². The van der Waals surface area contributed by atoms with Crippen molar-refractivity contribution in [1.29, 1.82) is 0 Å². The maximum absolute atomic E-state index is 5.32. The minimum Gasteiger partial charge on any atom is -0.373 e. The summed E-state index contributed by atoms with van der Waals surface area (Å²) in [6.07, 6.45) is 4.25. The third-order valence-corrected chi connectivity index (χ3v) is 3.22. The molecule has 1 unspecified atom stereocenters. The number of aromatic amines is 1. The highest BCUT2D eigenvalue weighted by Crippen LogP contribution is 2.33. The van der Waals surface area contributed by atoms with Gasteiger partial charge in [0.1, 0.15) is 6.04 Å². The summed E-state index contributed by atoms with van der Waals surface area (Å²) in [6.45, 7) is 0. The molecular weight excluding hydrogens is 242 g/mol. The van der Waals surface area contributed by atoms with Crippen molar-refractivity contribution in [3.05, 3.63) is 48.1 Å². The Labute approximate surface area is 108 Å². The molecule has 3 heterocycles. The summed E-state index contributed by atoms with van der Waals surface area (Å²) in [5.41, 5.74) is 2.40. The van der Waals surface area contributed by atoms with Crippen molar-refractivity contribution in [2.75, 3.05) is 5.32 Å². The SMILES string of the molecule is c1ccc2c(c1)CC(c1nc(-c3ncc[nH]3)no1)N2. The molecule has 2 N–H and O–H groups in total. The summed E-state index contributed by atoms with van der Waals surface area (Å²) in [5, 5.41) is 7.33. The predicted molar refractivity (Wildman–Crippen MR) is 68.4 cm³/mol. The van der Waals surface area contributed by atoms with E-state index in [2.05, 4.69) is 37.6 Å². The number of hydrogen-bond donors (Lipinski definition) is 2. The molecule has 0 amide bonds. The summed E-state index contributed by atoms with van der Waals surface area (Å²) in [5.74, 6) is 1.69. The van der Waals surface area contributed by atoms with E-state index in [0.717, 1.165) is 12.1 Å². The molecule has 1 atom stereocenters. The van der Waals surface area contributed by atoms with E-state index < -0.39 is 0 Å². The highest BCUT2D eigenvalue weighted by atomic mass is 16.5. The zero-order valence-electron chi connectivity index (χ0n) is 10.00. The lowest BCUT2D eigenvalue weighted by atomic mass is 10.1. The Morgan fingerprint density at radius 2 is 2.21 bits per heavy atom. The van der Waals surface area contributed by atoms with Crippen LogP contribution >= 0.6 is 0 Å². The van der Waals surface area contributed by atoms with E-state index in [1.807, 2.05) is 12.1 Å². The van der Waals surface area contributed by atoms with Crippen molar-refractivity contribution in [3.63, 3.8) is 0 Å². The number of nitrogens with one attached hydrogen (secondary N) is 2. The van der Waals surface area contributed by atoms with Crippen LogP contribution in [0, 0.1) is 0 Å². The van der Waals surface area contributed by atoms with Crippen molar-refractivity contribution in [3.8, 4) is 11.6 Å². The van der Waals surface area contributed by atoms with Crippen molar-refractivity contribution in [2.45, 2.75) is 12.5 Å². The van der Waals surface area contributed by atoms with Crippen LogP contribution in [0.25, 0.3) is 11.6 Å². The van der Waals surface area contributed by atoms with Gasteiger partial charge < -0.3 is 14.8 Å². The average Bonchev–Trinajstić information content (AvgIpc) is 3.17. The van der Waals surface area contributed by atoms with Crippen molar-refractivity contribution < 1.29 is 4.52 Å². The Kier molecular flexibility index (Phi) is 2.14. The van der Waals surface area contributed by atoms with Crippen LogP contribution in [0.5, 0.6) is 0 Å². The molecule has 0 radical (unpaired) electrons. The molecule has 0 saturated carbocycles. The molecule has 0 spiro atoms. The molecule has 0 aliphatic carbocycles. The smallest absolute Gasteiger partial charge is 0.249 e. The maximum Gasteiger partial charge on any atom is 0.249 e. The molecular formula is C13H11N5O. The first-order chi connectivity index (χ1) is 9.40. The normalized spacial score (nSPS) is 17.2. The second-order valence-electron chi connectivity index (χ2n) is 4.45. The summed E-state index contributed by atoms with van der Waals surface area (Å²) in [4.78, 5) is 11.4. The van der Waals surface area contributed by atoms with Crippen LogP contribution in [0.2, 0.25) is 0 Å². The fourth-order valence-corrected chi connectivity index (χ4v) is 2.31. The number of hydrogen-bond acceptors (Lipinski definition) is 5. The highest BCUT2D eigenvalue weighted by Gasteiger charge is 2.26. The first kappa shape index (κ1) is 10.3. The number of fused-ring (bicyclic) bond motifs is 1. The van der Waals surface area contributed by atoms with Gasteiger partial charge in [0, 0.05) is 24.5 Å². The molecule has 0 saturated heterocycles. The first-order valence-electron chi connectivity index (χ1n) is 6.08. The van der Waals surface area contributed by atoms with E-state index >= 15 is 0 Å². The van der Waals surface area contributed by atoms with Gasteiger partial charge in [-0.2, -0.15) is 4.98 Å². The largest absolute Gasteiger partial charge is 0.373 e. The lowest BCUT2D eigenvalue weighted by molar-refractivity contribution is 0.364. The van der Waals surface area contributed by atoms with E-state index in [1.165, 1.54) is 5.56 Å². The molecule has 1 aliphatic rings. The van der Waals surface area contributed by atoms with E-state index in [1.54, 1.807) is 12.4 Å². The fraction of sp³-hybridized carbons (Fsp3) is 0.154. The predicted octanol–water partition coefficient (Wildman–Crippen LogP) is 2.17. The Bertz CT molecular complexity index is 678. The fourth-order valence-electron chi connectivity index (χ4n) is 2.31. The molecule has 1 aromatic carbocycles. The molecule has 0 bridgehead atoms. The van der Waals surface area contributed by atoms with Gasteiger partial charge in [-0.05, 0) is 11.6 Å². The number of aromatic nitrogens is 4. The molecule has 94 valence electrons. The lowest BCUT2D eigenvalue weighted by Crippen LogP contribution is -2.05. The summed E-state index contributed by atoms with van der Waals surface area (Å²) < 4.78 is 5.32. The van der Waals surface area contributed by atoms with Crippen LogP contribution in [-0.4, -0.2) is 20.1 Å². The van der Waals surface area contributed by atoms with Gasteiger partial charge in [-0.3, -0.25) is 0 Å². The van der Waals surface area contributed by atoms with Crippen molar-refractivity contribution in [1.82, 2.24) is 20.1 Å². The third-order valence-electron chi connectivity index (χ3n) is 3.22. The molecule has 0 fully saturated rings. The van der Waals surface area contributed by atoms with Crippen LogP contribution in [-0.2, 0) is 6.42 Å². The van der Waals surface area contributed by atoms with Gasteiger partial charge in [0.2, 0.25) is 11.7 Å². The van der Waals surface area contributed by atoms with E-state index in [0.29, 0.717) is 17.5 Å².